The SMILES string of the molecule is Cc1sc2c(c1C)C(c1ccc(Cl)cc1)=N[C@H](CC(=O)Nc1ccc(O)cc1)c1nnc(C)n1-2. The molecule has 7 nitrogen and oxygen atoms in total. The third kappa shape index (κ3) is 3.99. The lowest BCUT2D eigenvalue weighted by atomic mass is 9.99. The van der Waals surface area contributed by atoms with Crippen molar-refractivity contribution in [2.45, 2.75) is 33.2 Å². The molecule has 0 bridgehead atoms. The minimum absolute atomic E-state index is 0.0864. The molecule has 0 fully saturated rings. The van der Waals surface area contributed by atoms with Crippen LogP contribution < -0.4 is 5.32 Å². The highest BCUT2D eigenvalue weighted by Gasteiger charge is 2.32. The quantitative estimate of drug-likeness (QED) is 0.367. The minimum Gasteiger partial charge on any atom is -0.508 e. The third-order valence-electron chi connectivity index (χ3n) is 5.89. The van der Waals surface area contributed by atoms with Crippen LogP contribution in [0.3, 0.4) is 0 Å². The summed E-state index contributed by atoms with van der Waals surface area (Å²) in [4.78, 5) is 19.3. The van der Waals surface area contributed by atoms with E-state index in [4.69, 9.17) is 16.6 Å². The van der Waals surface area contributed by atoms with Crippen LogP contribution in [-0.4, -0.2) is 31.5 Å². The van der Waals surface area contributed by atoms with Gasteiger partial charge in [-0.1, -0.05) is 23.7 Å². The topological polar surface area (TPSA) is 92.4 Å². The summed E-state index contributed by atoms with van der Waals surface area (Å²) in [6.07, 6.45) is 0.0864. The molecule has 4 aromatic rings. The highest BCUT2D eigenvalue weighted by Crippen LogP contribution is 2.39. The number of aryl methyl sites for hydroxylation is 2. The Kier molecular flexibility index (Phi) is 5.71. The minimum atomic E-state index is -0.539. The molecule has 1 amide bonds. The molecule has 2 N–H and O–H groups in total. The number of anilines is 1. The fourth-order valence-corrected chi connectivity index (χ4v) is 5.40. The predicted octanol–water partition coefficient (Wildman–Crippen LogP) is 5.53. The van der Waals surface area contributed by atoms with Gasteiger partial charge in [0.2, 0.25) is 5.91 Å². The predicted molar refractivity (Wildman–Crippen MR) is 135 cm³/mol. The summed E-state index contributed by atoms with van der Waals surface area (Å²) in [7, 11) is 0. The lowest BCUT2D eigenvalue weighted by molar-refractivity contribution is -0.116. The average molecular weight is 492 g/mol. The van der Waals surface area contributed by atoms with Crippen molar-refractivity contribution in [3.8, 4) is 10.8 Å². The van der Waals surface area contributed by atoms with Gasteiger partial charge in [-0.3, -0.25) is 14.4 Å². The Bertz CT molecular complexity index is 1420. The average Bonchev–Trinajstić information content (AvgIpc) is 3.28. The molecule has 0 aliphatic carbocycles. The number of fused-ring (bicyclic) bond motifs is 3. The number of hydrogen-bond donors (Lipinski definition) is 2. The van der Waals surface area contributed by atoms with Crippen LogP contribution in [0.1, 0.15) is 45.7 Å². The van der Waals surface area contributed by atoms with Crippen molar-refractivity contribution < 1.29 is 9.90 Å². The van der Waals surface area contributed by atoms with E-state index in [9.17, 15) is 9.90 Å². The maximum absolute atomic E-state index is 13.0. The number of thiophene rings is 1. The summed E-state index contributed by atoms with van der Waals surface area (Å²) in [5.41, 5.74) is 4.49. The highest BCUT2D eigenvalue weighted by atomic mass is 35.5. The molecule has 172 valence electrons. The van der Waals surface area contributed by atoms with E-state index < -0.39 is 6.04 Å². The Hall–Kier alpha value is -3.49. The van der Waals surface area contributed by atoms with Gasteiger partial charge >= 0.3 is 0 Å². The number of aromatic nitrogens is 3. The van der Waals surface area contributed by atoms with Gasteiger partial charge in [-0.25, -0.2) is 0 Å². The van der Waals surface area contributed by atoms with Crippen molar-refractivity contribution >= 4 is 40.2 Å². The summed E-state index contributed by atoms with van der Waals surface area (Å²) < 4.78 is 2.02. The van der Waals surface area contributed by atoms with Crippen LogP contribution in [-0.2, 0) is 4.79 Å². The number of carbonyl (C=O) groups is 1. The molecule has 34 heavy (non-hydrogen) atoms. The van der Waals surface area contributed by atoms with Crippen LogP contribution >= 0.6 is 22.9 Å². The number of nitrogens with one attached hydrogen (secondary N) is 1. The molecule has 2 aromatic carbocycles. The van der Waals surface area contributed by atoms with Gasteiger partial charge in [0.1, 0.15) is 22.6 Å². The molecule has 2 aromatic heterocycles. The highest BCUT2D eigenvalue weighted by molar-refractivity contribution is 7.15. The van der Waals surface area contributed by atoms with Gasteiger partial charge in [-0.15, -0.1) is 21.5 Å². The second-order valence-electron chi connectivity index (χ2n) is 8.20. The summed E-state index contributed by atoms with van der Waals surface area (Å²) in [5, 5.41) is 22.8. The van der Waals surface area contributed by atoms with Gasteiger partial charge in [0.25, 0.3) is 0 Å². The molecule has 1 atom stereocenters. The van der Waals surface area contributed by atoms with Crippen LogP contribution in [0.4, 0.5) is 5.69 Å². The number of rotatable bonds is 4. The van der Waals surface area contributed by atoms with Crippen molar-refractivity contribution in [3.05, 3.63) is 86.8 Å². The lowest BCUT2D eigenvalue weighted by Crippen LogP contribution is -2.17. The number of aliphatic imine (C=N–C) groups is 1. The molecule has 3 heterocycles. The molecule has 1 aliphatic heterocycles. The number of phenols is 1. The molecular weight excluding hydrogens is 470 g/mol. The van der Waals surface area contributed by atoms with Gasteiger partial charge in [-0.05, 0) is 62.7 Å². The number of phenolic OH excluding ortho intramolecular Hbond substituents is 1. The van der Waals surface area contributed by atoms with Crippen LogP contribution in [0.25, 0.3) is 5.00 Å². The molecule has 0 radical (unpaired) electrons. The first-order valence-electron chi connectivity index (χ1n) is 10.8. The number of aromatic hydroxyl groups is 1. The van der Waals surface area contributed by atoms with E-state index in [-0.39, 0.29) is 18.1 Å². The first-order chi connectivity index (χ1) is 16.3. The number of hydrogen-bond acceptors (Lipinski definition) is 6. The van der Waals surface area contributed by atoms with Gasteiger partial charge in [0, 0.05) is 26.7 Å². The molecule has 0 saturated heterocycles. The molecule has 0 spiro atoms. The molecule has 5 rings (SSSR count). The Balaban J connectivity index is 1.61. The van der Waals surface area contributed by atoms with Crippen molar-refractivity contribution in [2.75, 3.05) is 5.32 Å². The van der Waals surface area contributed by atoms with E-state index in [2.05, 4.69) is 29.4 Å². The monoisotopic (exact) mass is 491 g/mol. The number of benzene rings is 2. The van der Waals surface area contributed by atoms with Gasteiger partial charge in [-0.2, -0.15) is 0 Å². The second-order valence-corrected chi connectivity index (χ2v) is 9.84. The number of amides is 1. The number of nitrogens with zero attached hydrogens (tertiary/aromatic N) is 4. The summed E-state index contributed by atoms with van der Waals surface area (Å²) >= 11 is 7.82. The number of halogens is 1. The molecule has 0 saturated carbocycles. The number of carbonyl (C=O) groups excluding carboxylic acids is 1. The second kappa shape index (κ2) is 8.70. The zero-order valence-corrected chi connectivity index (χ0v) is 20.4. The maximum Gasteiger partial charge on any atom is 0.227 e. The maximum atomic E-state index is 13.0. The first-order valence-corrected chi connectivity index (χ1v) is 12.0. The van der Waals surface area contributed by atoms with Gasteiger partial charge in [0.15, 0.2) is 5.82 Å². The van der Waals surface area contributed by atoms with E-state index in [0.29, 0.717) is 16.5 Å². The summed E-state index contributed by atoms with van der Waals surface area (Å²) in [6.45, 7) is 6.09. The van der Waals surface area contributed by atoms with Crippen LogP contribution in [0, 0.1) is 20.8 Å². The zero-order chi connectivity index (χ0) is 24.0. The van der Waals surface area contributed by atoms with Crippen molar-refractivity contribution in [2.24, 2.45) is 4.99 Å². The Morgan fingerprint density at radius 2 is 1.79 bits per heavy atom. The fourth-order valence-electron chi connectivity index (χ4n) is 4.06. The molecule has 0 unspecified atom stereocenters. The van der Waals surface area contributed by atoms with E-state index >= 15 is 0 Å². The Labute approximate surface area is 205 Å². The third-order valence-corrected chi connectivity index (χ3v) is 7.33. The lowest BCUT2D eigenvalue weighted by Gasteiger charge is -2.13. The van der Waals surface area contributed by atoms with Crippen molar-refractivity contribution in [3.63, 3.8) is 0 Å². The van der Waals surface area contributed by atoms with Crippen LogP contribution in [0.5, 0.6) is 5.75 Å². The summed E-state index contributed by atoms with van der Waals surface area (Å²) in [6, 6.07) is 13.4. The van der Waals surface area contributed by atoms with E-state index in [0.717, 1.165) is 33.2 Å². The van der Waals surface area contributed by atoms with Crippen molar-refractivity contribution in [1.29, 1.82) is 0 Å². The normalized spacial score (nSPS) is 14.7. The summed E-state index contributed by atoms with van der Waals surface area (Å²) in [5.74, 6) is 1.30. The van der Waals surface area contributed by atoms with E-state index in [1.54, 1.807) is 23.5 Å². The first kappa shape index (κ1) is 22.3. The van der Waals surface area contributed by atoms with E-state index in [1.165, 1.54) is 17.0 Å². The van der Waals surface area contributed by atoms with Crippen molar-refractivity contribution in [1.82, 2.24) is 14.8 Å². The van der Waals surface area contributed by atoms with E-state index in [1.807, 2.05) is 35.8 Å². The van der Waals surface area contributed by atoms with Gasteiger partial charge < -0.3 is 10.4 Å². The van der Waals surface area contributed by atoms with Gasteiger partial charge in [0.05, 0.1) is 12.1 Å². The smallest absolute Gasteiger partial charge is 0.227 e. The van der Waals surface area contributed by atoms with Crippen LogP contribution in [0.2, 0.25) is 5.02 Å². The zero-order valence-electron chi connectivity index (χ0n) is 18.8. The Morgan fingerprint density at radius 3 is 2.50 bits per heavy atom. The molecule has 1 aliphatic rings. The largest absolute Gasteiger partial charge is 0.508 e. The Morgan fingerprint density at radius 1 is 1.09 bits per heavy atom. The standard InChI is InChI=1S/C25H22ClN5O2S/c1-13-14(2)34-25-22(13)23(16-4-6-17(26)7-5-16)28-20(24-30-29-15(3)31(24)25)12-21(33)27-18-8-10-19(32)11-9-18/h4-11,20,32H,12H2,1-3H3,(H,27,33)/t20-/m1/s1. The molecular formula is C25H22ClN5O2S. The fraction of sp³-hybridized carbons (Fsp3) is 0.200. The van der Waals surface area contributed by atoms with Crippen LogP contribution in [0.15, 0.2) is 53.5 Å². The molecule has 9 heteroatoms.